The lowest BCUT2D eigenvalue weighted by Gasteiger charge is -2.19. The van der Waals surface area contributed by atoms with Crippen LogP contribution in [0.5, 0.6) is 0 Å². The highest BCUT2D eigenvalue weighted by atomic mass is 32.2. The number of nitrogens with zero attached hydrogens (tertiary/aromatic N) is 1. The summed E-state index contributed by atoms with van der Waals surface area (Å²) in [6, 6.07) is 0. The SMILES string of the molecule is CCOC(=O)CCCN1C=CC=CS1(=O)=O. The predicted octanol–water partition coefficient (Wildman–Crippen LogP) is 1.00. The number of hydrogen-bond donors (Lipinski definition) is 0. The van der Waals surface area contributed by atoms with E-state index in [2.05, 4.69) is 0 Å². The summed E-state index contributed by atoms with van der Waals surface area (Å²) in [6.45, 7) is 2.38. The van der Waals surface area contributed by atoms with Gasteiger partial charge in [0.1, 0.15) is 0 Å². The summed E-state index contributed by atoms with van der Waals surface area (Å²) < 4.78 is 28.9. The first-order valence-corrected chi connectivity index (χ1v) is 6.59. The zero-order valence-corrected chi connectivity index (χ0v) is 9.94. The van der Waals surface area contributed by atoms with E-state index in [-0.39, 0.29) is 12.4 Å². The van der Waals surface area contributed by atoms with E-state index in [1.165, 1.54) is 16.6 Å². The lowest BCUT2D eigenvalue weighted by atomic mass is 10.3. The van der Waals surface area contributed by atoms with E-state index >= 15 is 0 Å². The van der Waals surface area contributed by atoms with Gasteiger partial charge in [0.2, 0.25) is 0 Å². The first-order chi connectivity index (χ1) is 7.56. The van der Waals surface area contributed by atoms with Gasteiger partial charge in [0.25, 0.3) is 10.0 Å². The minimum absolute atomic E-state index is 0.234. The summed E-state index contributed by atoms with van der Waals surface area (Å²) in [5, 5.41) is 1.14. The molecule has 1 rings (SSSR count). The third-order valence-electron chi connectivity index (χ3n) is 2.01. The molecule has 0 N–H and O–H groups in total. The third-order valence-corrected chi connectivity index (χ3v) is 3.46. The summed E-state index contributed by atoms with van der Waals surface area (Å²) in [5.41, 5.74) is 0. The summed E-state index contributed by atoms with van der Waals surface area (Å²) in [5.74, 6) is -0.295. The molecule has 1 aliphatic rings. The molecular weight excluding hydrogens is 230 g/mol. The molecule has 6 heteroatoms. The van der Waals surface area contributed by atoms with Gasteiger partial charge < -0.3 is 4.74 Å². The van der Waals surface area contributed by atoms with E-state index < -0.39 is 10.0 Å². The summed E-state index contributed by atoms with van der Waals surface area (Å²) in [6.07, 6.45) is 5.29. The largest absolute Gasteiger partial charge is 0.466 e. The van der Waals surface area contributed by atoms with E-state index in [1.807, 2.05) is 0 Å². The van der Waals surface area contributed by atoms with Crippen molar-refractivity contribution in [3.63, 3.8) is 0 Å². The first kappa shape index (κ1) is 12.8. The van der Waals surface area contributed by atoms with Crippen molar-refractivity contribution >= 4 is 16.0 Å². The second-order valence-electron chi connectivity index (χ2n) is 3.23. The molecule has 0 atom stereocenters. The smallest absolute Gasteiger partial charge is 0.305 e. The lowest BCUT2D eigenvalue weighted by Crippen LogP contribution is -2.26. The van der Waals surface area contributed by atoms with Crippen molar-refractivity contribution in [2.45, 2.75) is 19.8 Å². The molecule has 0 bridgehead atoms. The molecular formula is C10H15NO4S. The Morgan fingerprint density at radius 3 is 2.75 bits per heavy atom. The van der Waals surface area contributed by atoms with Crippen molar-refractivity contribution in [3.05, 3.63) is 23.8 Å². The molecule has 0 aromatic carbocycles. The van der Waals surface area contributed by atoms with Gasteiger partial charge in [0.05, 0.1) is 12.0 Å². The lowest BCUT2D eigenvalue weighted by molar-refractivity contribution is -0.143. The van der Waals surface area contributed by atoms with Crippen molar-refractivity contribution < 1.29 is 17.9 Å². The number of esters is 1. The number of rotatable bonds is 5. The van der Waals surface area contributed by atoms with Crippen molar-refractivity contribution in [2.75, 3.05) is 13.2 Å². The fourth-order valence-electron chi connectivity index (χ4n) is 1.27. The maximum absolute atomic E-state index is 11.5. The maximum atomic E-state index is 11.5. The Morgan fingerprint density at radius 1 is 1.38 bits per heavy atom. The fraction of sp³-hybridized carbons (Fsp3) is 0.500. The van der Waals surface area contributed by atoms with Gasteiger partial charge in [0, 0.05) is 19.2 Å². The van der Waals surface area contributed by atoms with Gasteiger partial charge in [-0.3, -0.25) is 9.10 Å². The van der Waals surface area contributed by atoms with Crippen LogP contribution in [0.3, 0.4) is 0 Å². The van der Waals surface area contributed by atoms with Crippen LogP contribution in [0, 0.1) is 0 Å². The Labute approximate surface area is 95.4 Å². The normalized spacial score (nSPS) is 17.4. The molecule has 0 radical (unpaired) electrons. The molecule has 90 valence electrons. The maximum Gasteiger partial charge on any atom is 0.305 e. The standard InChI is InChI=1S/C10H15NO4S/c1-2-15-10(12)6-5-8-11-7-3-4-9-16(11,13)14/h3-4,7,9H,2,5-6,8H2,1H3. The Kier molecular flexibility index (Phi) is 4.54. The highest BCUT2D eigenvalue weighted by Gasteiger charge is 2.16. The molecule has 0 aromatic rings. The van der Waals surface area contributed by atoms with Crippen molar-refractivity contribution in [1.82, 2.24) is 4.31 Å². The molecule has 0 aliphatic carbocycles. The number of ether oxygens (including phenoxy) is 1. The van der Waals surface area contributed by atoms with Crippen LogP contribution >= 0.6 is 0 Å². The minimum Gasteiger partial charge on any atom is -0.466 e. The molecule has 0 saturated heterocycles. The molecule has 0 aromatic heterocycles. The van der Waals surface area contributed by atoms with Gasteiger partial charge in [-0.05, 0) is 25.5 Å². The molecule has 0 spiro atoms. The highest BCUT2D eigenvalue weighted by molar-refractivity contribution is 7.92. The molecule has 0 saturated carbocycles. The van der Waals surface area contributed by atoms with Crippen molar-refractivity contribution in [1.29, 1.82) is 0 Å². The Morgan fingerprint density at radius 2 is 2.12 bits per heavy atom. The fourth-order valence-corrected chi connectivity index (χ4v) is 2.34. The van der Waals surface area contributed by atoms with Crippen LogP contribution in [-0.2, 0) is 19.6 Å². The summed E-state index contributed by atoms with van der Waals surface area (Å²) in [4.78, 5) is 11.0. The Balaban J connectivity index is 2.36. The zero-order valence-electron chi connectivity index (χ0n) is 9.13. The molecule has 16 heavy (non-hydrogen) atoms. The molecule has 1 aliphatic heterocycles. The predicted molar refractivity (Wildman–Crippen MR) is 59.8 cm³/mol. The van der Waals surface area contributed by atoms with Crippen LogP contribution in [0.25, 0.3) is 0 Å². The van der Waals surface area contributed by atoms with Gasteiger partial charge in [-0.2, -0.15) is 0 Å². The van der Waals surface area contributed by atoms with Crippen LogP contribution in [-0.4, -0.2) is 31.8 Å². The highest BCUT2D eigenvalue weighted by Crippen LogP contribution is 2.11. The minimum atomic E-state index is -3.32. The average molecular weight is 245 g/mol. The number of allylic oxidation sites excluding steroid dienone is 2. The monoisotopic (exact) mass is 245 g/mol. The van der Waals surface area contributed by atoms with Crippen molar-refractivity contribution in [3.8, 4) is 0 Å². The Hall–Kier alpha value is -1.30. The molecule has 5 nitrogen and oxygen atoms in total. The second-order valence-corrected chi connectivity index (χ2v) is 5.01. The Bertz CT molecular complexity index is 397. The molecule has 0 unspecified atom stereocenters. The number of carbonyl (C=O) groups excluding carboxylic acids is 1. The quantitative estimate of drug-likeness (QED) is 0.678. The third kappa shape index (κ3) is 3.69. The average Bonchev–Trinajstić information content (AvgIpc) is 2.21. The number of sulfonamides is 1. The van der Waals surface area contributed by atoms with Crippen molar-refractivity contribution in [2.24, 2.45) is 0 Å². The van der Waals surface area contributed by atoms with E-state index in [0.29, 0.717) is 19.6 Å². The second kappa shape index (κ2) is 5.69. The van der Waals surface area contributed by atoms with Crippen LogP contribution in [0.4, 0.5) is 0 Å². The summed E-state index contributed by atoms with van der Waals surface area (Å²) in [7, 11) is -3.32. The number of carbonyl (C=O) groups is 1. The zero-order chi connectivity index (χ0) is 12.0. The van der Waals surface area contributed by atoms with Crippen LogP contribution in [0.15, 0.2) is 23.8 Å². The van der Waals surface area contributed by atoms with Gasteiger partial charge in [-0.25, -0.2) is 8.42 Å². The van der Waals surface area contributed by atoms with E-state index in [9.17, 15) is 13.2 Å². The topological polar surface area (TPSA) is 63.7 Å². The van der Waals surface area contributed by atoms with Gasteiger partial charge in [0.15, 0.2) is 0 Å². The number of hydrogen-bond acceptors (Lipinski definition) is 4. The van der Waals surface area contributed by atoms with Crippen LogP contribution < -0.4 is 0 Å². The van der Waals surface area contributed by atoms with E-state index in [0.717, 1.165) is 5.41 Å². The van der Waals surface area contributed by atoms with Crippen LogP contribution in [0.1, 0.15) is 19.8 Å². The van der Waals surface area contributed by atoms with Crippen LogP contribution in [0.2, 0.25) is 0 Å². The van der Waals surface area contributed by atoms with Gasteiger partial charge in [-0.15, -0.1) is 0 Å². The van der Waals surface area contributed by atoms with Gasteiger partial charge >= 0.3 is 5.97 Å². The van der Waals surface area contributed by atoms with E-state index in [4.69, 9.17) is 4.74 Å². The molecule has 1 heterocycles. The summed E-state index contributed by atoms with van der Waals surface area (Å²) >= 11 is 0. The first-order valence-electron chi connectivity index (χ1n) is 5.08. The van der Waals surface area contributed by atoms with Gasteiger partial charge in [-0.1, -0.05) is 0 Å². The molecule has 0 fully saturated rings. The van der Waals surface area contributed by atoms with E-state index in [1.54, 1.807) is 13.0 Å². The molecule has 0 amide bonds.